The fraction of sp³-hybridized carbons (Fsp3) is 0.636. The lowest BCUT2D eigenvalue weighted by Crippen LogP contribution is -2.45. The second-order valence-corrected chi connectivity index (χ2v) is 7.99. The maximum atomic E-state index is 12.2. The molecule has 2 heterocycles. The molecular formula is C22H34N4O2. The molecule has 0 aromatic heterocycles. The number of piperidine rings is 1. The fourth-order valence-corrected chi connectivity index (χ4v) is 4.29. The van der Waals surface area contributed by atoms with Crippen LogP contribution in [0.1, 0.15) is 56.2 Å². The molecule has 1 atom stereocenters. The lowest BCUT2D eigenvalue weighted by atomic mass is 9.95. The third kappa shape index (κ3) is 5.04. The maximum Gasteiger partial charge on any atom is 0.309 e. The Balaban J connectivity index is 1.74. The molecule has 3 rings (SSSR count). The first-order valence-corrected chi connectivity index (χ1v) is 10.7. The molecule has 2 aliphatic heterocycles. The van der Waals surface area contributed by atoms with Crippen molar-refractivity contribution in [3.05, 3.63) is 29.3 Å². The van der Waals surface area contributed by atoms with Gasteiger partial charge in [0.25, 0.3) is 0 Å². The molecular weight excluding hydrogens is 352 g/mol. The summed E-state index contributed by atoms with van der Waals surface area (Å²) in [5.41, 5.74) is 3.95. The third-order valence-corrected chi connectivity index (χ3v) is 5.87. The van der Waals surface area contributed by atoms with Gasteiger partial charge in [0.05, 0.1) is 6.04 Å². The van der Waals surface area contributed by atoms with Crippen LogP contribution in [0.2, 0.25) is 0 Å². The van der Waals surface area contributed by atoms with E-state index in [0.29, 0.717) is 13.1 Å². The summed E-state index contributed by atoms with van der Waals surface area (Å²) in [6.07, 6.45) is 6.74. The highest BCUT2D eigenvalue weighted by Crippen LogP contribution is 2.31. The zero-order valence-corrected chi connectivity index (χ0v) is 17.3. The normalized spacial score (nSPS) is 18.3. The maximum absolute atomic E-state index is 12.2. The smallest absolute Gasteiger partial charge is 0.309 e. The van der Waals surface area contributed by atoms with Crippen LogP contribution in [-0.2, 0) is 16.0 Å². The summed E-state index contributed by atoms with van der Waals surface area (Å²) in [7, 11) is 2.15. The van der Waals surface area contributed by atoms with E-state index in [1.807, 2.05) is 6.92 Å². The number of fused-ring (bicyclic) bond motifs is 1. The van der Waals surface area contributed by atoms with E-state index in [9.17, 15) is 9.59 Å². The van der Waals surface area contributed by atoms with Gasteiger partial charge in [-0.2, -0.15) is 0 Å². The predicted octanol–water partition coefficient (Wildman–Crippen LogP) is 2.24. The Bertz CT molecular complexity index is 685. The van der Waals surface area contributed by atoms with Gasteiger partial charge in [-0.05, 0) is 62.4 Å². The van der Waals surface area contributed by atoms with Gasteiger partial charge in [-0.1, -0.05) is 25.5 Å². The average Bonchev–Trinajstić information content (AvgIpc) is 2.73. The van der Waals surface area contributed by atoms with E-state index in [1.165, 1.54) is 42.5 Å². The van der Waals surface area contributed by atoms with Gasteiger partial charge in [0, 0.05) is 32.4 Å². The van der Waals surface area contributed by atoms with Crippen LogP contribution in [0.5, 0.6) is 0 Å². The predicted molar refractivity (Wildman–Crippen MR) is 113 cm³/mol. The first-order valence-electron chi connectivity index (χ1n) is 10.7. The van der Waals surface area contributed by atoms with Gasteiger partial charge in [0.2, 0.25) is 0 Å². The number of nitrogens with zero attached hydrogens (tertiary/aromatic N) is 2. The summed E-state index contributed by atoms with van der Waals surface area (Å²) < 4.78 is 0. The van der Waals surface area contributed by atoms with Crippen molar-refractivity contribution in [1.82, 2.24) is 15.5 Å². The van der Waals surface area contributed by atoms with Crippen molar-refractivity contribution in [3.63, 3.8) is 0 Å². The molecule has 0 radical (unpaired) electrons. The third-order valence-electron chi connectivity index (χ3n) is 5.87. The van der Waals surface area contributed by atoms with Crippen molar-refractivity contribution in [2.75, 3.05) is 44.7 Å². The quantitative estimate of drug-likeness (QED) is 0.736. The number of likely N-dealkylation sites (tertiary alicyclic amines) is 1. The second-order valence-electron chi connectivity index (χ2n) is 7.99. The number of hydrogen-bond acceptors (Lipinski definition) is 4. The molecule has 6 nitrogen and oxygen atoms in total. The van der Waals surface area contributed by atoms with Crippen LogP contribution in [0, 0.1) is 0 Å². The molecule has 154 valence electrons. The van der Waals surface area contributed by atoms with Crippen molar-refractivity contribution < 1.29 is 9.59 Å². The van der Waals surface area contributed by atoms with Crippen LogP contribution >= 0.6 is 0 Å². The molecule has 6 heteroatoms. The lowest BCUT2D eigenvalue weighted by Gasteiger charge is -2.36. The Morgan fingerprint density at radius 2 is 1.79 bits per heavy atom. The zero-order chi connectivity index (χ0) is 19.9. The van der Waals surface area contributed by atoms with Crippen molar-refractivity contribution in [2.24, 2.45) is 0 Å². The van der Waals surface area contributed by atoms with Crippen LogP contribution < -0.4 is 15.5 Å². The molecule has 1 fully saturated rings. The lowest BCUT2D eigenvalue weighted by molar-refractivity contribution is -0.139. The van der Waals surface area contributed by atoms with E-state index in [2.05, 4.69) is 45.7 Å². The molecule has 0 bridgehead atoms. The molecule has 28 heavy (non-hydrogen) atoms. The minimum atomic E-state index is -0.536. The van der Waals surface area contributed by atoms with Crippen molar-refractivity contribution >= 4 is 17.5 Å². The first-order chi connectivity index (χ1) is 13.6. The molecule has 2 aliphatic rings. The highest BCUT2D eigenvalue weighted by atomic mass is 16.2. The van der Waals surface area contributed by atoms with E-state index in [4.69, 9.17) is 0 Å². The summed E-state index contributed by atoms with van der Waals surface area (Å²) in [6, 6.07) is 6.84. The van der Waals surface area contributed by atoms with Crippen molar-refractivity contribution in [2.45, 2.75) is 51.5 Å². The summed E-state index contributed by atoms with van der Waals surface area (Å²) in [4.78, 5) is 28.9. The fourth-order valence-electron chi connectivity index (χ4n) is 4.29. The summed E-state index contributed by atoms with van der Waals surface area (Å²) in [5, 5.41) is 5.52. The van der Waals surface area contributed by atoms with Crippen LogP contribution in [0.15, 0.2) is 18.2 Å². The van der Waals surface area contributed by atoms with Crippen molar-refractivity contribution in [3.8, 4) is 0 Å². The molecule has 2 amide bonds. The van der Waals surface area contributed by atoms with E-state index in [-0.39, 0.29) is 6.04 Å². The van der Waals surface area contributed by atoms with Crippen LogP contribution in [-0.4, -0.2) is 56.5 Å². The number of amides is 2. The van der Waals surface area contributed by atoms with Gasteiger partial charge >= 0.3 is 11.8 Å². The van der Waals surface area contributed by atoms with Crippen molar-refractivity contribution in [1.29, 1.82) is 0 Å². The second kappa shape index (κ2) is 9.92. The van der Waals surface area contributed by atoms with Crippen LogP contribution in [0.4, 0.5) is 5.69 Å². The largest absolute Gasteiger partial charge is 0.374 e. The molecule has 2 N–H and O–H groups in total. The Morgan fingerprint density at radius 1 is 1.04 bits per heavy atom. The van der Waals surface area contributed by atoms with E-state index in [1.54, 1.807) is 0 Å². The van der Waals surface area contributed by atoms with Gasteiger partial charge in [-0.15, -0.1) is 0 Å². The summed E-state index contributed by atoms with van der Waals surface area (Å²) in [5.74, 6) is -1.07. The minimum absolute atomic E-state index is 0.112. The molecule has 0 aliphatic carbocycles. The van der Waals surface area contributed by atoms with Gasteiger partial charge in [0.1, 0.15) is 0 Å². The molecule has 1 aromatic carbocycles. The summed E-state index contributed by atoms with van der Waals surface area (Å²) in [6.45, 7) is 6.15. The minimum Gasteiger partial charge on any atom is -0.374 e. The number of carbonyl (C=O) groups is 2. The first kappa shape index (κ1) is 20.6. The average molecular weight is 387 g/mol. The van der Waals surface area contributed by atoms with Gasteiger partial charge in [-0.25, -0.2) is 0 Å². The number of carbonyl (C=O) groups excluding carboxylic acids is 2. The zero-order valence-electron chi connectivity index (χ0n) is 17.3. The number of benzene rings is 1. The molecule has 1 aromatic rings. The Morgan fingerprint density at radius 3 is 2.54 bits per heavy atom. The van der Waals surface area contributed by atoms with E-state index >= 15 is 0 Å². The topological polar surface area (TPSA) is 64.7 Å². The summed E-state index contributed by atoms with van der Waals surface area (Å²) >= 11 is 0. The van der Waals surface area contributed by atoms with Gasteiger partial charge in [-0.3, -0.25) is 14.5 Å². The monoisotopic (exact) mass is 386 g/mol. The van der Waals surface area contributed by atoms with E-state index in [0.717, 1.165) is 32.5 Å². The van der Waals surface area contributed by atoms with Crippen LogP contribution in [0.25, 0.3) is 0 Å². The Labute approximate surface area is 168 Å². The number of nitrogens with one attached hydrogen (secondary N) is 2. The molecule has 1 saturated heterocycles. The number of hydrogen-bond donors (Lipinski definition) is 2. The van der Waals surface area contributed by atoms with Crippen LogP contribution in [0.3, 0.4) is 0 Å². The Kier molecular flexibility index (Phi) is 7.31. The van der Waals surface area contributed by atoms with E-state index < -0.39 is 11.8 Å². The van der Waals surface area contributed by atoms with Gasteiger partial charge in [0.15, 0.2) is 0 Å². The Hall–Kier alpha value is -2.08. The SMILES string of the molecule is CCCNC(=O)C(=O)NC[C@H](c1ccc2c(c1)CCCN2C)N1CCCCC1. The van der Waals surface area contributed by atoms with Gasteiger partial charge < -0.3 is 15.5 Å². The molecule has 0 unspecified atom stereocenters. The highest BCUT2D eigenvalue weighted by molar-refractivity contribution is 6.35. The molecule has 0 spiro atoms. The number of aryl methyl sites for hydroxylation is 1. The number of rotatable bonds is 6. The highest BCUT2D eigenvalue weighted by Gasteiger charge is 2.25. The standard InChI is InChI=1S/C22H34N4O2/c1-3-11-23-21(27)22(28)24-16-20(26-13-5-4-6-14-26)18-9-10-19-17(15-18)8-7-12-25(19)2/h9-10,15,20H,3-8,11-14,16H2,1-2H3,(H,23,27)(H,24,28)/t20-/m1/s1. The molecule has 0 saturated carbocycles. The number of anilines is 1.